The Morgan fingerprint density at radius 2 is 1.00 bits per heavy atom. The van der Waals surface area contributed by atoms with Crippen molar-refractivity contribution < 1.29 is 43.2 Å². The van der Waals surface area contributed by atoms with Crippen LogP contribution in [0.1, 0.15) is 132 Å². The lowest BCUT2D eigenvalue weighted by Crippen LogP contribution is -2.36. The van der Waals surface area contributed by atoms with Crippen LogP contribution in [0.25, 0.3) is 0 Å². The van der Waals surface area contributed by atoms with Crippen molar-refractivity contribution >= 4 is 23.7 Å². The summed E-state index contributed by atoms with van der Waals surface area (Å²) < 4.78 is 23.9. The summed E-state index contributed by atoms with van der Waals surface area (Å²) in [5, 5.41) is 15.0. The zero-order chi connectivity index (χ0) is 38.7. The first-order valence-electron chi connectivity index (χ1n) is 19.6. The number of benzene rings is 2. The van der Waals surface area contributed by atoms with Gasteiger partial charge in [0.2, 0.25) is 5.91 Å². The number of unbranched alkanes of at least 4 members (excludes halogenated alkanes) is 5. The molecule has 3 N–H and O–H groups in total. The van der Waals surface area contributed by atoms with Gasteiger partial charge in [0.05, 0.1) is 44.0 Å². The number of ether oxygens (including phenoxy) is 4. The molecule has 0 aromatic heterocycles. The van der Waals surface area contributed by atoms with Crippen molar-refractivity contribution in [3.63, 3.8) is 0 Å². The molecule has 0 saturated heterocycles. The van der Waals surface area contributed by atoms with E-state index in [-0.39, 0.29) is 30.6 Å². The minimum atomic E-state index is -1.04. The lowest BCUT2D eigenvalue weighted by atomic mass is 10.1. The number of hydrogen-bond acceptors (Lipinski definition) is 8. The van der Waals surface area contributed by atoms with E-state index in [2.05, 4.69) is 38.3 Å². The summed E-state index contributed by atoms with van der Waals surface area (Å²) in [6.45, 7) is 11.8. The van der Waals surface area contributed by atoms with Crippen LogP contribution in [0.4, 0.5) is 0 Å². The van der Waals surface area contributed by atoms with Gasteiger partial charge in [0.15, 0.2) is 23.0 Å². The average molecular weight is 742 g/mol. The van der Waals surface area contributed by atoms with Gasteiger partial charge in [-0.1, -0.05) is 65.5 Å². The number of nitrogens with zero attached hydrogens (tertiary/aromatic N) is 1. The normalized spacial score (nSPS) is 10.7. The number of hydrogen-bond donors (Lipinski definition) is 3. The molecule has 0 aliphatic heterocycles. The molecule has 296 valence electrons. The third-order valence-electron chi connectivity index (χ3n) is 8.38. The molecule has 0 aliphatic carbocycles. The lowest BCUT2D eigenvalue weighted by Gasteiger charge is -2.23. The van der Waals surface area contributed by atoms with E-state index >= 15 is 0 Å². The Morgan fingerprint density at radius 1 is 0.566 bits per heavy atom. The molecule has 2 rings (SSSR count). The van der Waals surface area contributed by atoms with Crippen LogP contribution in [0, 0.1) is 0 Å². The van der Waals surface area contributed by atoms with Crippen molar-refractivity contribution in [2.24, 2.45) is 0 Å². The second-order valence-electron chi connectivity index (χ2n) is 12.9. The lowest BCUT2D eigenvalue weighted by molar-refractivity contribution is -0.141. The third-order valence-corrected chi connectivity index (χ3v) is 8.38. The predicted molar refractivity (Wildman–Crippen MR) is 206 cm³/mol. The fourth-order valence-corrected chi connectivity index (χ4v) is 5.23. The largest absolute Gasteiger partial charge is 0.490 e. The van der Waals surface area contributed by atoms with E-state index in [0.29, 0.717) is 106 Å². The second kappa shape index (κ2) is 27.2. The Labute approximate surface area is 316 Å². The Hall–Kier alpha value is -4.48. The van der Waals surface area contributed by atoms with Crippen LogP contribution in [-0.2, 0) is 9.59 Å². The molecule has 2 aromatic carbocycles. The summed E-state index contributed by atoms with van der Waals surface area (Å²) in [6, 6.07) is 10.6. The maximum atomic E-state index is 13.3. The summed E-state index contributed by atoms with van der Waals surface area (Å²) in [7, 11) is 0. The molecule has 53 heavy (non-hydrogen) atoms. The number of amides is 3. The summed E-state index contributed by atoms with van der Waals surface area (Å²) >= 11 is 0. The van der Waals surface area contributed by atoms with Gasteiger partial charge in [-0.3, -0.25) is 19.2 Å². The number of para-hydroxylation sites is 2. The molecule has 0 bridgehead atoms. The number of rotatable bonds is 30. The zero-order valence-electron chi connectivity index (χ0n) is 32.5. The second-order valence-corrected chi connectivity index (χ2v) is 12.9. The molecule has 0 spiro atoms. The molecular formula is C41H63N3O9. The Kier molecular flexibility index (Phi) is 22.9. The molecule has 3 amide bonds. The van der Waals surface area contributed by atoms with Crippen molar-refractivity contribution in [1.82, 2.24) is 15.5 Å². The van der Waals surface area contributed by atoms with Gasteiger partial charge in [-0.15, -0.1) is 0 Å². The van der Waals surface area contributed by atoms with Gasteiger partial charge in [0.25, 0.3) is 11.8 Å². The molecule has 0 radical (unpaired) electrons. The average Bonchev–Trinajstić information content (AvgIpc) is 3.15. The standard InChI is InChI=1S/C41H63N3O9/c1-5-9-28-50-34-20-15-18-32(38(34)52-30-11-7-3)40(48)42-24-13-14-26-44(36(45)22-23-37(46)47)27-17-25-43-41(49)33-19-16-21-35(51-29-10-6-2)39(33)53-31-12-8-4/h15-16,18-21H,5-14,17,22-31H2,1-4H3,(H,42,48)(H,43,49)(H,46,47). The fourth-order valence-electron chi connectivity index (χ4n) is 5.23. The van der Waals surface area contributed by atoms with E-state index in [4.69, 9.17) is 24.1 Å². The number of nitrogens with one attached hydrogen (secondary N) is 2. The zero-order valence-corrected chi connectivity index (χ0v) is 32.5. The third kappa shape index (κ3) is 17.3. The minimum absolute atomic E-state index is 0.112. The molecule has 0 saturated carbocycles. The van der Waals surface area contributed by atoms with Crippen molar-refractivity contribution in [3.05, 3.63) is 47.5 Å². The van der Waals surface area contributed by atoms with Crippen molar-refractivity contribution in [2.75, 3.05) is 52.6 Å². The predicted octanol–water partition coefficient (Wildman–Crippen LogP) is 7.43. The van der Waals surface area contributed by atoms with E-state index in [1.54, 1.807) is 29.2 Å². The van der Waals surface area contributed by atoms with Gasteiger partial charge in [-0.05, 0) is 69.2 Å². The van der Waals surface area contributed by atoms with Crippen molar-refractivity contribution in [2.45, 2.75) is 111 Å². The first-order valence-corrected chi connectivity index (χ1v) is 19.6. The van der Waals surface area contributed by atoms with Gasteiger partial charge in [0, 0.05) is 32.6 Å². The van der Waals surface area contributed by atoms with Crippen molar-refractivity contribution in [3.8, 4) is 23.0 Å². The molecule has 0 fully saturated rings. The van der Waals surface area contributed by atoms with E-state index in [1.165, 1.54) is 0 Å². The van der Waals surface area contributed by atoms with E-state index < -0.39 is 5.97 Å². The summed E-state index contributed by atoms with van der Waals surface area (Å²) in [6.07, 6.45) is 8.67. The topological polar surface area (TPSA) is 153 Å². The highest BCUT2D eigenvalue weighted by atomic mass is 16.5. The van der Waals surface area contributed by atoms with Crippen LogP contribution in [0.15, 0.2) is 36.4 Å². The van der Waals surface area contributed by atoms with Gasteiger partial charge in [0.1, 0.15) is 0 Å². The Bertz CT molecular complexity index is 1380. The van der Waals surface area contributed by atoms with Gasteiger partial charge in [-0.2, -0.15) is 0 Å². The first kappa shape index (κ1) is 44.7. The summed E-state index contributed by atoms with van der Waals surface area (Å²) in [4.78, 5) is 52.3. The highest BCUT2D eigenvalue weighted by molar-refractivity contribution is 5.98. The van der Waals surface area contributed by atoms with E-state index in [9.17, 15) is 19.2 Å². The molecule has 12 heteroatoms. The number of carbonyl (C=O) groups excluding carboxylic acids is 3. The SMILES string of the molecule is CCCCOc1cccc(C(=O)NCCCCN(CCCNC(=O)c2cccc(OCCCC)c2OCCCC)C(=O)CCC(=O)O)c1OCCCC. The van der Waals surface area contributed by atoms with Crippen LogP contribution >= 0.6 is 0 Å². The summed E-state index contributed by atoms with van der Waals surface area (Å²) in [5.74, 6) is 0.113. The number of aliphatic carboxylic acids is 1. The van der Waals surface area contributed by atoms with Crippen LogP contribution in [-0.4, -0.2) is 86.3 Å². The highest BCUT2D eigenvalue weighted by Gasteiger charge is 2.20. The molecule has 0 heterocycles. The molecular weight excluding hydrogens is 678 g/mol. The molecule has 2 aromatic rings. The Balaban J connectivity index is 1.97. The number of carbonyl (C=O) groups is 4. The molecule has 0 unspecified atom stereocenters. The van der Waals surface area contributed by atoms with Gasteiger partial charge < -0.3 is 39.6 Å². The maximum Gasteiger partial charge on any atom is 0.303 e. The van der Waals surface area contributed by atoms with Crippen LogP contribution in [0.3, 0.4) is 0 Å². The summed E-state index contributed by atoms with van der Waals surface area (Å²) in [5.41, 5.74) is 0.805. The number of carboxylic acids is 1. The number of carboxylic acid groups (broad SMARTS) is 1. The van der Waals surface area contributed by atoms with Gasteiger partial charge in [-0.25, -0.2) is 0 Å². The molecule has 0 atom stereocenters. The van der Waals surface area contributed by atoms with Crippen LogP contribution in [0.2, 0.25) is 0 Å². The van der Waals surface area contributed by atoms with E-state index in [0.717, 1.165) is 51.4 Å². The van der Waals surface area contributed by atoms with Crippen LogP contribution in [0.5, 0.6) is 23.0 Å². The first-order chi connectivity index (χ1) is 25.8. The van der Waals surface area contributed by atoms with Gasteiger partial charge >= 0.3 is 5.97 Å². The highest BCUT2D eigenvalue weighted by Crippen LogP contribution is 2.33. The quantitative estimate of drug-likeness (QED) is 0.0695. The maximum absolute atomic E-state index is 13.3. The van der Waals surface area contributed by atoms with E-state index in [1.807, 2.05) is 12.1 Å². The smallest absolute Gasteiger partial charge is 0.303 e. The minimum Gasteiger partial charge on any atom is -0.490 e. The molecule has 12 nitrogen and oxygen atoms in total. The fraction of sp³-hybridized carbons (Fsp3) is 0.610. The van der Waals surface area contributed by atoms with Crippen LogP contribution < -0.4 is 29.6 Å². The Morgan fingerprint density at radius 3 is 1.45 bits per heavy atom. The molecule has 0 aliphatic rings. The monoisotopic (exact) mass is 741 g/mol. The van der Waals surface area contributed by atoms with Crippen molar-refractivity contribution in [1.29, 1.82) is 0 Å².